The van der Waals surface area contributed by atoms with Crippen LogP contribution in [0.3, 0.4) is 0 Å². The van der Waals surface area contributed by atoms with Gasteiger partial charge in [0.15, 0.2) is 0 Å². The van der Waals surface area contributed by atoms with Gasteiger partial charge in [-0.3, -0.25) is 0 Å². The molecule has 0 spiro atoms. The fourth-order valence-electron chi connectivity index (χ4n) is 1.82. The van der Waals surface area contributed by atoms with E-state index in [-0.39, 0.29) is 18.2 Å². The average Bonchev–Trinajstić information content (AvgIpc) is 2.46. The third-order valence-electron chi connectivity index (χ3n) is 3.16. The molecular weight excluding hydrogens is 256 g/mol. The standard InChI is InChI=1S/C15H24N2O3/c1-5-13(10-19-3)16-15(18)17-14-8-6-7-12(9-14)11(2)20-4/h6-9,11,13H,5,10H2,1-4H3,(H2,16,17,18)/t11-,13-/m0/s1. The largest absolute Gasteiger partial charge is 0.383 e. The van der Waals surface area contributed by atoms with Crippen LogP contribution in [-0.4, -0.2) is 32.9 Å². The lowest BCUT2D eigenvalue weighted by Gasteiger charge is -2.17. The van der Waals surface area contributed by atoms with Crippen LogP contribution in [0.4, 0.5) is 10.5 Å². The summed E-state index contributed by atoms with van der Waals surface area (Å²) in [4.78, 5) is 11.9. The molecule has 20 heavy (non-hydrogen) atoms. The number of carbonyl (C=O) groups is 1. The van der Waals surface area contributed by atoms with Crippen molar-refractivity contribution >= 4 is 11.7 Å². The molecule has 0 saturated heterocycles. The first-order valence-electron chi connectivity index (χ1n) is 6.79. The van der Waals surface area contributed by atoms with Crippen molar-refractivity contribution in [3.63, 3.8) is 0 Å². The lowest BCUT2D eigenvalue weighted by Crippen LogP contribution is -2.40. The molecule has 2 atom stereocenters. The molecule has 0 fully saturated rings. The van der Waals surface area contributed by atoms with Gasteiger partial charge in [0.1, 0.15) is 0 Å². The molecule has 5 nitrogen and oxygen atoms in total. The average molecular weight is 280 g/mol. The molecule has 1 aromatic carbocycles. The number of carbonyl (C=O) groups excluding carboxylic acids is 1. The highest BCUT2D eigenvalue weighted by atomic mass is 16.5. The minimum Gasteiger partial charge on any atom is -0.383 e. The molecule has 1 aromatic rings. The van der Waals surface area contributed by atoms with Gasteiger partial charge in [0, 0.05) is 19.9 Å². The second-order valence-electron chi connectivity index (χ2n) is 4.66. The van der Waals surface area contributed by atoms with Crippen molar-refractivity contribution in [3.8, 4) is 0 Å². The molecule has 0 saturated carbocycles. The molecule has 2 amide bonds. The van der Waals surface area contributed by atoms with Gasteiger partial charge < -0.3 is 20.1 Å². The first-order chi connectivity index (χ1) is 9.60. The molecular formula is C15H24N2O3. The first-order valence-corrected chi connectivity index (χ1v) is 6.79. The summed E-state index contributed by atoms with van der Waals surface area (Å²) in [5.74, 6) is 0. The van der Waals surface area contributed by atoms with Crippen LogP contribution >= 0.6 is 0 Å². The van der Waals surface area contributed by atoms with Crippen molar-refractivity contribution in [3.05, 3.63) is 29.8 Å². The van der Waals surface area contributed by atoms with Gasteiger partial charge in [0.25, 0.3) is 0 Å². The van der Waals surface area contributed by atoms with E-state index in [9.17, 15) is 4.79 Å². The van der Waals surface area contributed by atoms with Crippen LogP contribution in [0.1, 0.15) is 31.9 Å². The lowest BCUT2D eigenvalue weighted by atomic mass is 10.1. The molecule has 5 heteroatoms. The summed E-state index contributed by atoms with van der Waals surface area (Å²) in [5, 5.41) is 5.70. The zero-order chi connectivity index (χ0) is 15.0. The van der Waals surface area contributed by atoms with Crippen LogP contribution < -0.4 is 10.6 Å². The smallest absolute Gasteiger partial charge is 0.319 e. The Labute approximate surface area is 120 Å². The number of anilines is 1. The Morgan fingerprint density at radius 3 is 2.70 bits per heavy atom. The maximum Gasteiger partial charge on any atom is 0.319 e. The summed E-state index contributed by atoms with van der Waals surface area (Å²) in [5.41, 5.74) is 1.77. The number of hydrogen-bond acceptors (Lipinski definition) is 3. The van der Waals surface area contributed by atoms with Gasteiger partial charge in [-0.05, 0) is 31.0 Å². The van der Waals surface area contributed by atoms with Crippen LogP contribution in [0.2, 0.25) is 0 Å². The Bertz CT molecular complexity index is 423. The number of rotatable bonds is 7. The summed E-state index contributed by atoms with van der Waals surface area (Å²) in [7, 11) is 3.28. The maximum absolute atomic E-state index is 11.9. The summed E-state index contributed by atoms with van der Waals surface area (Å²) in [6.45, 7) is 4.47. The second-order valence-corrected chi connectivity index (χ2v) is 4.66. The maximum atomic E-state index is 11.9. The summed E-state index contributed by atoms with van der Waals surface area (Å²) in [6, 6.07) is 7.41. The quantitative estimate of drug-likeness (QED) is 0.807. The first kappa shape index (κ1) is 16.5. The van der Waals surface area contributed by atoms with Crippen molar-refractivity contribution in [2.24, 2.45) is 0 Å². The van der Waals surface area contributed by atoms with E-state index in [1.54, 1.807) is 14.2 Å². The topological polar surface area (TPSA) is 59.6 Å². The highest BCUT2D eigenvalue weighted by molar-refractivity contribution is 5.89. The number of methoxy groups -OCH3 is 2. The number of urea groups is 1. The zero-order valence-corrected chi connectivity index (χ0v) is 12.6. The van der Waals surface area contributed by atoms with Crippen LogP contribution in [0.25, 0.3) is 0 Å². The third-order valence-corrected chi connectivity index (χ3v) is 3.16. The summed E-state index contributed by atoms with van der Waals surface area (Å²) in [6.07, 6.45) is 0.818. The number of ether oxygens (including phenoxy) is 2. The molecule has 0 radical (unpaired) electrons. The van der Waals surface area contributed by atoms with Crippen molar-refractivity contribution in [2.75, 3.05) is 26.1 Å². The van der Waals surface area contributed by atoms with Crippen molar-refractivity contribution in [2.45, 2.75) is 32.4 Å². The minimum atomic E-state index is -0.226. The van der Waals surface area contributed by atoms with Crippen molar-refractivity contribution in [1.29, 1.82) is 0 Å². The second kappa shape index (κ2) is 8.55. The van der Waals surface area contributed by atoms with Crippen LogP contribution in [0.5, 0.6) is 0 Å². The minimum absolute atomic E-state index is 0.00306. The Morgan fingerprint density at radius 1 is 1.35 bits per heavy atom. The Hall–Kier alpha value is -1.59. The Morgan fingerprint density at radius 2 is 2.10 bits per heavy atom. The molecule has 0 aliphatic carbocycles. The van der Waals surface area contributed by atoms with Gasteiger partial charge in [-0.2, -0.15) is 0 Å². The highest BCUT2D eigenvalue weighted by Gasteiger charge is 2.11. The SMILES string of the molecule is CC[C@@H](COC)NC(=O)Nc1cccc([C@H](C)OC)c1. The molecule has 1 rings (SSSR count). The molecule has 0 aromatic heterocycles. The normalized spacial score (nSPS) is 13.6. The lowest BCUT2D eigenvalue weighted by molar-refractivity contribution is 0.119. The molecule has 0 bridgehead atoms. The Kier molecular flexibility index (Phi) is 7.04. The van der Waals surface area contributed by atoms with E-state index in [1.165, 1.54) is 0 Å². The summed E-state index contributed by atoms with van der Waals surface area (Å²) < 4.78 is 10.3. The highest BCUT2D eigenvalue weighted by Crippen LogP contribution is 2.19. The fraction of sp³-hybridized carbons (Fsp3) is 0.533. The van der Waals surface area contributed by atoms with Crippen LogP contribution in [0.15, 0.2) is 24.3 Å². The van der Waals surface area contributed by atoms with Gasteiger partial charge in [0.05, 0.1) is 18.8 Å². The van der Waals surface area contributed by atoms with E-state index in [1.807, 2.05) is 38.1 Å². The number of nitrogens with one attached hydrogen (secondary N) is 2. The molecule has 0 aliphatic rings. The van der Waals surface area contributed by atoms with Gasteiger partial charge in [-0.25, -0.2) is 4.79 Å². The van der Waals surface area contributed by atoms with Gasteiger partial charge in [0.2, 0.25) is 0 Å². The molecule has 0 unspecified atom stereocenters. The van der Waals surface area contributed by atoms with Crippen molar-refractivity contribution < 1.29 is 14.3 Å². The monoisotopic (exact) mass is 280 g/mol. The van der Waals surface area contributed by atoms with Crippen molar-refractivity contribution in [1.82, 2.24) is 5.32 Å². The van der Waals surface area contributed by atoms with E-state index in [4.69, 9.17) is 9.47 Å². The van der Waals surface area contributed by atoms with Gasteiger partial charge >= 0.3 is 6.03 Å². The van der Waals surface area contributed by atoms with Gasteiger partial charge in [-0.1, -0.05) is 19.1 Å². The van der Waals surface area contributed by atoms with Crippen LogP contribution in [0, 0.1) is 0 Å². The van der Waals surface area contributed by atoms with E-state index in [2.05, 4.69) is 10.6 Å². The third kappa shape index (κ3) is 5.19. The number of benzene rings is 1. The molecule has 2 N–H and O–H groups in total. The van der Waals surface area contributed by atoms with E-state index >= 15 is 0 Å². The molecule has 112 valence electrons. The van der Waals surface area contributed by atoms with Gasteiger partial charge in [-0.15, -0.1) is 0 Å². The fourth-order valence-corrected chi connectivity index (χ4v) is 1.82. The summed E-state index contributed by atoms with van der Waals surface area (Å²) >= 11 is 0. The van der Waals surface area contributed by atoms with E-state index in [0.717, 1.165) is 17.7 Å². The zero-order valence-electron chi connectivity index (χ0n) is 12.6. The predicted molar refractivity (Wildman–Crippen MR) is 80.0 cm³/mol. The van der Waals surface area contributed by atoms with E-state index < -0.39 is 0 Å². The van der Waals surface area contributed by atoms with E-state index in [0.29, 0.717) is 6.61 Å². The number of amides is 2. The van der Waals surface area contributed by atoms with Crippen LogP contribution in [-0.2, 0) is 9.47 Å². The molecule has 0 heterocycles. The number of hydrogen-bond donors (Lipinski definition) is 2. The molecule has 0 aliphatic heterocycles. The Balaban J connectivity index is 2.61. The predicted octanol–water partition coefficient (Wildman–Crippen LogP) is 2.94.